The maximum atomic E-state index is 13.2. The highest BCUT2D eigenvalue weighted by molar-refractivity contribution is 14.0. The maximum absolute atomic E-state index is 13.2. The molecule has 1 aromatic carbocycles. The summed E-state index contributed by atoms with van der Waals surface area (Å²) in [7, 11) is 1.57. The molecule has 0 amide bonds. The van der Waals surface area contributed by atoms with Crippen molar-refractivity contribution in [3.63, 3.8) is 0 Å². The molecule has 1 unspecified atom stereocenters. The van der Waals surface area contributed by atoms with E-state index in [4.69, 9.17) is 0 Å². The quantitative estimate of drug-likeness (QED) is 0.269. The standard InChI is InChI=1S/C18H26F4N4.HI/c1-13(12-26-7-3-4-8-26)10-24-17(23-2)25-11-14-5-6-15(19)9-16(14)18(20,21)22;/h5-6,9,13H,3-4,7-8,10-12H2,1-2H3,(H2,23,24,25);1H. The molecule has 1 aliphatic heterocycles. The normalized spacial score (nSPS) is 16.7. The number of benzene rings is 1. The lowest BCUT2D eigenvalue weighted by atomic mass is 10.1. The minimum Gasteiger partial charge on any atom is -0.356 e. The second kappa shape index (κ2) is 11.0. The fourth-order valence-corrected chi connectivity index (χ4v) is 3.11. The lowest BCUT2D eigenvalue weighted by molar-refractivity contribution is -0.138. The van der Waals surface area contributed by atoms with Gasteiger partial charge in [0, 0.05) is 26.7 Å². The molecule has 0 aliphatic carbocycles. The Morgan fingerprint density at radius 3 is 2.48 bits per heavy atom. The molecule has 0 aromatic heterocycles. The second-order valence-electron chi connectivity index (χ2n) is 6.72. The first-order chi connectivity index (χ1) is 12.3. The molecule has 4 nitrogen and oxygen atoms in total. The van der Waals surface area contributed by atoms with Gasteiger partial charge in [0.25, 0.3) is 0 Å². The van der Waals surface area contributed by atoms with Crippen LogP contribution in [0.25, 0.3) is 0 Å². The number of nitrogens with zero attached hydrogens (tertiary/aromatic N) is 2. The van der Waals surface area contributed by atoms with Crippen LogP contribution in [0.15, 0.2) is 23.2 Å². The van der Waals surface area contributed by atoms with Crippen LogP contribution >= 0.6 is 24.0 Å². The van der Waals surface area contributed by atoms with Gasteiger partial charge in [-0.05, 0) is 49.5 Å². The van der Waals surface area contributed by atoms with Gasteiger partial charge in [0.15, 0.2) is 5.96 Å². The number of hydrogen-bond donors (Lipinski definition) is 2. The van der Waals surface area contributed by atoms with Gasteiger partial charge in [-0.3, -0.25) is 4.99 Å². The zero-order chi connectivity index (χ0) is 19.2. The molecule has 0 radical (unpaired) electrons. The number of guanidine groups is 1. The predicted octanol–water partition coefficient (Wildman–Crippen LogP) is 3.86. The molecule has 2 N–H and O–H groups in total. The highest BCUT2D eigenvalue weighted by Gasteiger charge is 2.33. The van der Waals surface area contributed by atoms with Crippen molar-refractivity contribution in [3.8, 4) is 0 Å². The van der Waals surface area contributed by atoms with Crippen molar-refractivity contribution in [1.82, 2.24) is 15.5 Å². The van der Waals surface area contributed by atoms with E-state index in [-0.39, 0.29) is 36.1 Å². The first-order valence-corrected chi connectivity index (χ1v) is 8.82. The topological polar surface area (TPSA) is 39.7 Å². The van der Waals surface area contributed by atoms with Gasteiger partial charge in [0.2, 0.25) is 0 Å². The van der Waals surface area contributed by atoms with E-state index in [1.165, 1.54) is 12.8 Å². The van der Waals surface area contributed by atoms with Crippen molar-refractivity contribution in [2.45, 2.75) is 32.5 Å². The average Bonchev–Trinajstić information content (AvgIpc) is 3.08. The molecule has 0 saturated carbocycles. The van der Waals surface area contributed by atoms with Crippen molar-refractivity contribution in [1.29, 1.82) is 0 Å². The predicted molar refractivity (Wildman–Crippen MR) is 110 cm³/mol. The van der Waals surface area contributed by atoms with Crippen LogP contribution in [0.4, 0.5) is 17.6 Å². The number of aliphatic imine (C=N–C) groups is 1. The van der Waals surface area contributed by atoms with Crippen molar-refractivity contribution >= 4 is 29.9 Å². The molecule has 27 heavy (non-hydrogen) atoms. The maximum Gasteiger partial charge on any atom is 0.416 e. The van der Waals surface area contributed by atoms with Crippen LogP contribution in [-0.4, -0.2) is 44.1 Å². The molecule has 1 saturated heterocycles. The number of halogens is 5. The molecular formula is C18H27F4IN4. The largest absolute Gasteiger partial charge is 0.416 e. The molecule has 1 aliphatic rings. The monoisotopic (exact) mass is 502 g/mol. The summed E-state index contributed by atoms with van der Waals surface area (Å²) in [5.41, 5.74) is -0.991. The van der Waals surface area contributed by atoms with Crippen LogP contribution in [0.2, 0.25) is 0 Å². The zero-order valence-corrected chi connectivity index (χ0v) is 17.9. The number of hydrogen-bond acceptors (Lipinski definition) is 2. The summed E-state index contributed by atoms with van der Waals surface area (Å²) >= 11 is 0. The first kappa shape index (κ1) is 23.9. The third-order valence-electron chi connectivity index (χ3n) is 4.43. The van der Waals surface area contributed by atoms with Gasteiger partial charge in [-0.15, -0.1) is 24.0 Å². The second-order valence-corrected chi connectivity index (χ2v) is 6.72. The molecule has 1 aromatic rings. The number of rotatable bonds is 6. The average molecular weight is 502 g/mol. The highest BCUT2D eigenvalue weighted by Crippen LogP contribution is 2.32. The molecule has 0 spiro atoms. The first-order valence-electron chi connectivity index (χ1n) is 8.82. The number of nitrogens with one attached hydrogen (secondary N) is 2. The van der Waals surface area contributed by atoms with Gasteiger partial charge in [-0.2, -0.15) is 13.2 Å². The van der Waals surface area contributed by atoms with Crippen LogP contribution in [-0.2, 0) is 12.7 Å². The molecule has 154 valence electrons. The Kier molecular flexibility index (Phi) is 9.78. The van der Waals surface area contributed by atoms with E-state index in [1.807, 2.05) is 0 Å². The van der Waals surface area contributed by atoms with Crippen LogP contribution in [0, 0.1) is 11.7 Å². The SMILES string of the molecule is CN=C(NCc1ccc(F)cc1C(F)(F)F)NCC(C)CN1CCCC1.I. The van der Waals surface area contributed by atoms with Crippen molar-refractivity contribution in [2.75, 3.05) is 33.2 Å². The van der Waals surface area contributed by atoms with Gasteiger partial charge in [-0.1, -0.05) is 13.0 Å². The minimum absolute atomic E-state index is 0. The Balaban J connectivity index is 0.00000364. The van der Waals surface area contributed by atoms with Crippen LogP contribution in [0.3, 0.4) is 0 Å². The highest BCUT2D eigenvalue weighted by atomic mass is 127. The van der Waals surface area contributed by atoms with Gasteiger partial charge in [0.05, 0.1) is 5.56 Å². The van der Waals surface area contributed by atoms with Gasteiger partial charge in [-0.25, -0.2) is 4.39 Å². The van der Waals surface area contributed by atoms with Gasteiger partial charge >= 0.3 is 6.18 Å². The van der Waals surface area contributed by atoms with E-state index < -0.39 is 17.6 Å². The van der Waals surface area contributed by atoms with Crippen LogP contribution < -0.4 is 10.6 Å². The van der Waals surface area contributed by atoms with Crippen molar-refractivity contribution < 1.29 is 17.6 Å². The molecule has 1 heterocycles. The Morgan fingerprint density at radius 1 is 1.22 bits per heavy atom. The smallest absolute Gasteiger partial charge is 0.356 e. The van der Waals surface area contributed by atoms with Gasteiger partial charge in [0.1, 0.15) is 5.82 Å². The van der Waals surface area contributed by atoms with E-state index in [0.717, 1.165) is 31.8 Å². The summed E-state index contributed by atoms with van der Waals surface area (Å²) in [4.78, 5) is 6.46. The molecule has 1 atom stereocenters. The molecule has 2 rings (SSSR count). The summed E-state index contributed by atoms with van der Waals surface area (Å²) in [6, 6.07) is 2.69. The van der Waals surface area contributed by atoms with Crippen molar-refractivity contribution in [2.24, 2.45) is 10.9 Å². The zero-order valence-electron chi connectivity index (χ0n) is 15.6. The number of likely N-dealkylation sites (tertiary alicyclic amines) is 1. The number of alkyl halides is 3. The third-order valence-corrected chi connectivity index (χ3v) is 4.43. The molecule has 1 fully saturated rings. The van der Waals surface area contributed by atoms with E-state index in [0.29, 0.717) is 24.5 Å². The van der Waals surface area contributed by atoms with E-state index in [9.17, 15) is 17.6 Å². The van der Waals surface area contributed by atoms with E-state index in [2.05, 4.69) is 27.4 Å². The molecule has 9 heteroatoms. The Hall–Kier alpha value is -1.10. The summed E-state index contributed by atoms with van der Waals surface area (Å²) < 4.78 is 52.3. The van der Waals surface area contributed by atoms with Gasteiger partial charge < -0.3 is 15.5 Å². The van der Waals surface area contributed by atoms with E-state index in [1.54, 1.807) is 7.05 Å². The fraction of sp³-hybridized carbons (Fsp3) is 0.611. The third kappa shape index (κ3) is 7.81. The molecule has 0 bridgehead atoms. The fourth-order valence-electron chi connectivity index (χ4n) is 3.11. The van der Waals surface area contributed by atoms with Crippen LogP contribution in [0.1, 0.15) is 30.9 Å². The van der Waals surface area contributed by atoms with E-state index >= 15 is 0 Å². The van der Waals surface area contributed by atoms with Crippen molar-refractivity contribution in [3.05, 3.63) is 35.1 Å². The summed E-state index contributed by atoms with van der Waals surface area (Å²) in [5.74, 6) is -0.0850. The summed E-state index contributed by atoms with van der Waals surface area (Å²) in [6.45, 7) is 5.95. The Labute approximate surface area is 174 Å². The lowest BCUT2D eigenvalue weighted by Crippen LogP contribution is -2.41. The van der Waals surface area contributed by atoms with Crippen LogP contribution in [0.5, 0.6) is 0 Å². The Bertz CT molecular complexity index is 616. The minimum atomic E-state index is -4.60. The lowest BCUT2D eigenvalue weighted by Gasteiger charge is -2.22. The Morgan fingerprint density at radius 2 is 1.89 bits per heavy atom. The summed E-state index contributed by atoms with van der Waals surface area (Å²) in [6.07, 6.45) is -2.12. The summed E-state index contributed by atoms with van der Waals surface area (Å²) in [5, 5.41) is 6.01. The molecular weight excluding hydrogens is 475 g/mol.